The number of halogens is 9. The summed E-state index contributed by atoms with van der Waals surface area (Å²) >= 11 is 1.55. The van der Waals surface area contributed by atoms with Crippen LogP contribution in [0.5, 0.6) is 5.75 Å². The molecular formula is C36H38F9N5OS. The average molecular weight is 760 g/mol. The van der Waals surface area contributed by atoms with Crippen LogP contribution in [-0.4, -0.2) is 46.7 Å². The Bertz CT molecular complexity index is 1780. The quantitative estimate of drug-likeness (QED) is 0.0994. The van der Waals surface area contributed by atoms with Crippen molar-refractivity contribution in [1.29, 1.82) is 0 Å². The smallest absolute Gasteiger partial charge is 0.416 e. The molecule has 0 bridgehead atoms. The maximum atomic E-state index is 13.9. The predicted octanol–water partition coefficient (Wildman–Crippen LogP) is 10.6. The maximum absolute atomic E-state index is 13.9. The molecule has 0 radical (unpaired) electrons. The van der Waals surface area contributed by atoms with Crippen LogP contribution in [0.4, 0.5) is 51.3 Å². The lowest BCUT2D eigenvalue weighted by Crippen LogP contribution is -2.33. The summed E-state index contributed by atoms with van der Waals surface area (Å²) in [5, 5.41) is 0.162. The summed E-state index contributed by atoms with van der Waals surface area (Å²) in [6.45, 7) is 4.56. The van der Waals surface area contributed by atoms with E-state index in [0.717, 1.165) is 37.8 Å². The molecule has 1 unspecified atom stereocenters. The maximum Gasteiger partial charge on any atom is 0.416 e. The van der Waals surface area contributed by atoms with E-state index < -0.39 is 41.3 Å². The van der Waals surface area contributed by atoms with Gasteiger partial charge in [0.2, 0.25) is 5.95 Å². The fourth-order valence-electron chi connectivity index (χ4n) is 6.39. The highest BCUT2D eigenvalue weighted by molar-refractivity contribution is 7.98. The van der Waals surface area contributed by atoms with E-state index in [-0.39, 0.29) is 29.5 Å². The van der Waals surface area contributed by atoms with E-state index >= 15 is 0 Å². The fourth-order valence-corrected chi connectivity index (χ4v) is 6.64. The minimum Gasteiger partial charge on any atom is -0.489 e. The zero-order valence-electron chi connectivity index (χ0n) is 28.7. The molecule has 0 N–H and O–H groups in total. The molecule has 0 amide bonds. The first kappa shape index (κ1) is 39.3. The Balaban J connectivity index is 1.67. The second-order valence-corrected chi connectivity index (χ2v) is 13.8. The Hall–Kier alpha value is -3.95. The molecule has 282 valence electrons. The van der Waals surface area contributed by atoms with E-state index in [1.54, 1.807) is 11.8 Å². The number of aromatic nitrogens is 3. The number of fused-ring (bicyclic) bond motifs is 1. The molecule has 1 aliphatic rings. The molecule has 1 saturated carbocycles. The van der Waals surface area contributed by atoms with Crippen molar-refractivity contribution in [2.24, 2.45) is 5.92 Å². The molecular weight excluding hydrogens is 721 g/mol. The number of rotatable bonds is 13. The van der Waals surface area contributed by atoms with Gasteiger partial charge >= 0.3 is 18.5 Å². The SMILES string of the molecule is CCN(CC1CCCC1)c1nc2ccc(C(F)(F)F)cc2cc1CN(c1ncc(OCCSC)cn1)C(C)c1cc(C(F)(F)F)cc(C(F)(F)F)c1. The van der Waals surface area contributed by atoms with Gasteiger partial charge in [-0.2, -0.15) is 51.3 Å². The zero-order valence-corrected chi connectivity index (χ0v) is 29.5. The number of benzene rings is 2. The number of nitrogens with zero attached hydrogens (tertiary/aromatic N) is 5. The lowest BCUT2D eigenvalue weighted by Gasteiger charge is -2.33. The highest BCUT2D eigenvalue weighted by Crippen LogP contribution is 2.40. The van der Waals surface area contributed by atoms with Crippen molar-refractivity contribution in [3.05, 3.63) is 82.7 Å². The number of alkyl halides is 9. The van der Waals surface area contributed by atoms with Crippen LogP contribution in [0.15, 0.2) is 54.9 Å². The summed E-state index contributed by atoms with van der Waals surface area (Å²) in [5.41, 5.74) is -3.49. The van der Waals surface area contributed by atoms with E-state index in [1.165, 1.54) is 36.4 Å². The molecule has 1 aliphatic carbocycles. The molecule has 5 rings (SSSR count). The minimum atomic E-state index is -5.08. The zero-order chi connectivity index (χ0) is 37.8. The largest absolute Gasteiger partial charge is 0.489 e. The van der Waals surface area contributed by atoms with Gasteiger partial charge in [0.25, 0.3) is 0 Å². The molecule has 1 fully saturated rings. The molecule has 16 heteroatoms. The number of hydrogen-bond donors (Lipinski definition) is 0. The van der Waals surface area contributed by atoms with Crippen LogP contribution in [0.1, 0.15) is 73.4 Å². The van der Waals surface area contributed by atoms with E-state index in [4.69, 9.17) is 9.72 Å². The van der Waals surface area contributed by atoms with Gasteiger partial charge in [0.05, 0.1) is 53.8 Å². The average Bonchev–Trinajstić information content (AvgIpc) is 3.61. The number of ether oxygens (including phenoxy) is 1. The van der Waals surface area contributed by atoms with E-state index in [9.17, 15) is 39.5 Å². The summed E-state index contributed by atoms with van der Waals surface area (Å²) in [7, 11) is 0. The number of thioether (sulfide) groups is 1. The van der Waals surface area contributed by atoms with Gasteiger partial charge in [-0.15, -0.1) is 0 Å². The minimum absolute atomic E-state index is 0.0513. The molecule has 2 aromatic carbocycles. The van der Waals surface area contributed by atoms with Crippen molar-refractivity contribution in [2.75, 3.05) is 41.5 Å². The van der Waals surface area contributed by atoms with Crippen LogP contribution < -0.4 is 14.5 Å². The number of anilines is 2. The molecule has 2 aromatic heterocycles. The van der Waals surface area contributed by atoms with Crippen molar-refractivity contribution in [2.45, 2.75) is 70.6 Å². The lowest BCUT2D eigenvalue weighted by molar-refractivity contribution is -0.143. The van der Waals surface area contributed by atoms with Gasteiger partial charge in [0, 0.05) is 29.8 Å². The molecule has 0 aliphatic heterocycles. The van der Waals surface area contributed by atoms with Crippen molar-refractivity contribution >= 4 is 34.4 Å². The fraction of sp³-hybridized carbons (Fsp3) is 0.472. The highest BCUT2D eigenvalue weighted by atomic mass is 32.2. The van der Waals surface area contributed by atoms with E-state index in [1.807, 2.05) is 18.1 Å². The molecule has 6 nitrogen and oxygen atoms in total. The van der Waals surface area contributed by atoms with Crippen LogP contribution in [-0.2, 0) is 25.1 Å². The molecule has 0 spiro atoms. The second-order valence-electron chi connectivity index (χ2n) is 12.8. The van der Waals surface area contributed by atoms with Gasteiger partial charge in [-0.25, -0.2) is 15.0 Å². The number of pyridine rings is 1. The van der Waals surface area contributed by atoms with Crippen LogP contribution >= 0.6 is 11.8 Å². The van der Waals surface area contributed by atoms with Gasteiger partial charge in [0.1, 0.15) is 5.82 Å². The first-order valence-corrected chi connectivity index (χ1v) is 18.1. The summed E-state index contributed by atoms with van der Waals surface area (Å²) < 4.78 is 131. The molecule has 1 atom stereocenters. The highest BCUT2D eigenvalue weighted by Gasteiger charge is 2.38. The van der Waals surface area contributed by atoms with Crippen LogP contribution in [0.25, 0.3) is 10.9 Å². The molecule has 2 heterocycles. The topological polar surface area (TPSA) is 54.4 Å². The number of hydrogen-bond acceptors (Lipinski definition) is 7. The Labute approximate surface area is 299 Å². The summed E-state index contributed by atoms with van der Waals surface area (Å²) in [6.07, 6.45) is -6.09. The molecule has 52 heavy (non-hydrogen) atoms. The summed E-state index contributed by atoms with van der Waals surface area (Å²) in [5.74, 6) is 1.71. The second kappa shape index (κ2) is 16.0. The van der Waals surface area contributed by atoms with Crippen molar-refractivity contribution in [3.8, 4) is 5.75 Å². The monoisotopic (exact) mass is 759 g/mol. The Kier molecular flexibility index (Phi) is 12.1. The van der Waals surface area contributed by atoms with Crippen LogP contribution in [0, 0.1) is 5.92 Å². The Morgan fingerprint density at radius 3 is 2.02 bits per heavy atom. The van der Waals surface area contributed by atoms with Gasteiger partial charge in [-0.05, 0) is 86.9 Å². The third kappa shape index (κ3) is 9.53. The molecule has 4 aromatic rings. The van der Waals surface area contributed by atoms with Crippen LogP contribution in [0.3, 0.4) is 0 Å². The van der Waals surface area contributed by atoms with Crippen LogP contribution in [0.2, 0.25) is 0 Å². The summed E-state index contributed by atoms with van der Waals surface area (Å²) in [6, 6.07) is 4.91. The third-order valence-electron chi connectivity index (χ3n) is 9.16. The van der Waals surface area contributed by atoms with Crippen molar-refractivity contribution < 1.29 is 44.3 Å². The van der Waals surface area contributed by atoms with Gasteiger partial charge in [-0.3, -0.25) is 0 Å². The first-order valence-electron chi connectivity index (χ1n) is 16.7. The first-order chi connectivity index (χ1) is 24.5. The van der Waals surface area contributed by atoms with E-state index in [0.29, 0.717) is 66.1 Å². The summed E-state index contributed by atoms with van der Waals surface area (Å²) in [4.78, 5) is 17.0. The van der Waals surface area contributed by atoms with Crippen molar-refractivity contribution in [1.82, 2.24) is 15.0 Å². The van der Waals surface area contributed by atoms with Gasteiger partial charge in [0.15, 0.2) is 5.75 Å². The normalized spacial score (nSPS) is 14.9. The van der Waals surface area contributed by atoms with Gasteiger partial charge in [-0.1, -0.05) is 12.8 Å². The lowest BCUT2D eigenvalue weighted by atomic mass is 9.98. The Morgan fingerprint density at radius 1 is 0.846 bits per heavy atom. The standard InChI is InChI=1S/C36H38F9N5OS/c1-4-49(20-23-7-5-6-8-23)32-26(13-25-16-27(34(37,38)39)9-10-31(25)48-32)21-50(33-46-18-30(19-47-33)51-11-12-52-3)22(2)24-14-28(35(40,41)42)17-29(15-24)36(43,44)45/h9-10,13-19,22-23H,4-8,11-12,20-21H2,1-3H3. The molecule has 0 saturated heterocycles. The Morgan fingerprint density at radius 2 is 1.46 bits per heavy atom. The predicted molar refractivity (Wildman–Crippen MR) is 184 cm³/mol. The van der Waals surface area contributed by atoms with Crippen molar-refractivity contribution in [3.63, 3.8) is 0 Å². The van der Waals surface area contributed by atoms with Gasteiger partial charge < -0.3 is 14.5 Å². The third-order valence-corrected chi connectivity index (χ3v) is 9.74. The van der Waals surface area contributed by atoms with E-state index in [2.05, 4.69) is 9.97 Å².